The minimum Gasteiger partial charge on any atom is -0.364 e. The fourth-order valence-electron chi connectivity index (χ4n) is 5.48. The second kappa shape index (κ2) is 8.52. The molecule has 35 heavy (non-hydrogen) atoms. The van der Waals surface area contributed by atoms with Gasteiger partial charge < -0.3 is 9.47 Å². The summed E-state index contributed by atoms with van der Waals surface area (Å²) in [7, 11) is 1.74. The predicted octanol–water partition coefficient (Wildman–Crippen LogP) is 4.02. The second-order valence-corrected chi connectivity index (χ2v) is 10.1. The molecule has 3 heterocycles. The van der Waals surface area contributed by atoms with Crippen LogP contribution in [0.5, 0.6) is 0 Å². The van der Waals surface area contributed by atoms with E-state index in [4.69, 9.17) is 0 Å². The summed E-state index contributed by atoms with van der Waals surface area (Å²) < 4.78 is 1.58. The quantitative estimate of drug-likeness (QED) is 0.577. The standard InChI is InChI=1S/C28H30N6O/c1-18-16-34(25-13-26(35)32(4)24-10-9-23(14-29)31-27(24)25)19(2)15-33(18)20(3)21-5-7-22(8-6-21)28(17-30)11-12-28/h5-10,13,18-20H,11-12,15-16H2,1-4H3/t18-,19+,20?/m1/s1. The van der Waals surface area contributed by atoms with E-state index in [-0.39, 0.29) is 29.1 Å². The van der Waals surface area contributed by atoms with E-state index in [2.05, 4.69) is 72.0 Å². The van der Waals surface area contributed by atoms with Crippen molar-refractivity contribution in [2.45, 2.75) is 57.2 Å². The Kier molecular flexibility index (Phi) is 5.62. The number of hydrogen-bond donors (Lipinski definition) is 0. The number of benzene rings is 1. The maximum atomic E-state index is 12.7. The van der Waals surface area contributed by atoms with E-state index in [9.17, 15) is 15.3 Å². The highest BCUT2D eigenvalue weighted by Crippen LogP contribution is 2.47. The highest BCUT2D eigenvalue weighted by atomic mass is 16.1. The second-order valence-electron chi connectivity index (χ2n) is 10.1. The third-order valence-electron chi connectivity index (χ3n) is 7.93. The van der Waals surface area contributed by atoms with Gasteiger partial charge in [0.05, 0.1) is 22.7 Å². The highest BCUT2D eigenvalue weighted by molar-refractivity contribution is 5.89. The van der Waals surface area contributed by atoms with Crippen molar-refractivity contribution in [3.63, 3.8) is 0 Å². The minimum absolute atomic E-state index is 0.0828. The van der Waals surface area contributed by atoms with Crippen molar-refractivity contribution >= 4 is 16.7 Å². The lowest BCUT2D eigenvalue weighted by atomic mass is 9.94. The average molecular weight is 467 g/mol. The first-order valence-electron chi connectivity index (χ1n) is 12.2. The topological polar surface area (TPSA) is 89.0 Å². The van der Waals surface area contributed by atoms with Crippen LogP contribution in [0.3, 0.4) is 0 Å². The molecule has 7 heteroatoms. The van der Waals surface area contributed by atoms with Crippen LogP contribution in [-0.4, -0.2) is 39.6 Å². The van der Waals surface area contributed by atoms with Gasteiger partial charge in [0.1, 0.15) is 17.3 Å². The molecule has 2 aliphatic rings. The number of pyridine rings is 2. The minimum atomic E-state index is -0.260. The van der Waals surface area contributed by atoms with Gasteiger partial charge in [-0.3, -0.25) is 9.69 Å². The maximum absolute atomic E-state index is 12.7. The number of nitrogens with zero attached hydrogens (tertiary/aromatic N) is 6. The molecule has 1 aliphatic carbocycles. The Hall–Kier alpha value is -3.68. The lowest BCUT2D eigenvalue weighted by Crippen LogP contribution is -2.57. The molecule has 0 N–H and O–H groups in total. The van der Waals surface area contributed by atoms with Gasteiger partial charge in [0.15, 0.2) is 0 Å². The summed E-state index contributed by atoms with van der Waals surface area (Å²) in [4.78, 5) is 22.1. The Morgan fingerprint density at radius 3 is 2.40 bits per heavy atom. The van der Waals surface area contributed by atoms with Crippen molar-refractivity contribution in [2.24, 2.45) is 7.05 Å². The lowest BCUT2D eigenvalue weighted by Gasteiger charge is -2.47. The van der Waals surface area contributed by atoms with E-state index in [1.807, 2.05) is 0 Å². The molecule has 178 valence electrons. The molecule has 1 saturated heterocycles. The van der Waals surface area contributed by atoms with E-state index in [1.165, 1.54) is 5.56 Å². The number of anilines is 1. The highest BCUT2D eigenvalue weighted by Gasteiger charge is 2.44. The smallest absolute Gasteiger partial charge is 0.252 e. The molecule has 7 nitrogen and oxygen atoms in total. The van der Waals surface area contributed by atoms with Crippen LogP contribution in [0.2, 0.25) is 0 Å². The van der Waals surface area contributed by atoms with Crippen molar-refractivity contribution in [1.82, 2.24) is 14.5 Å². The molecule has 5 rings (SSSR count). The molecule has 1 saturated carbocycles. The van der Waals surface area contributed by atoms with Crippen molar-refractivity contribution in [2.75, 3.05) is 18.0 Å². The summed E-state index contributed by atoms with van der Waals surface area (Å²) in [6.07, 6.45) is 1.91. The first-order valence-corrected chi connectivity index (χ1v) is 12.2. The molecule has 1 aromatic carbocycles. The third kappa shape index (κ3) is 3.87. The van der Waals surface area contributed by atoms with Gasteiger partial charge in [-0.1, -0.05) is 24.3 Å². The molecular weight excluding hydrogens is 436 g/mol. The van der Waals surface area contributed by atoms with Gasteiger partial charge in [-0.25, -0.2) is 4.98 Å². The summed E-state index contributed by atoms with van der Waals surface area (Å²) in [6, 6.07) is 18.9. The molecular formula is C28H30N6O. The first-order chi connectivity index (χ1) is 16.8. The van der Waals surface area contributed by atoms with Crippen molar-refractivity contribution in [3.8, 4) is 12.1 Å². The molecule has 3 atom stereocenters. The zero-order valence-corrected chi connectivity index (χ0v) is 20.7. The van der Waals surface area contributed by atoms with Crippen molar-refractivity contribution in [3.05, 3.63) is 69.6 Å². The van der Waals surface area contributed by atoms with E-state index >= 15 is 0 Å². The zero-order valence-electron chi connectivity index (χ0n) is 20.7. The fraction of sp³-hybridized carbons (Fsp3) is 0.429. The molecule has 1 aliphatic heterocycles. The summed E-state index contributed by atoms with van der Waals surface area (Å²) in [6.45, 7) is 8.22. The molecule has 1 unspecified atom stereocenters. The fourth-order valence-corrected chi connectivity index (χ4v) is 5.48. The predicted molar refractivity (Wildman–Crippen MR) is 136 cm³/mol. The molecule has 0 amide bonds. The number of nitriles is 2. The number of rotatable bonds is 4. The van der Waals surface area contributed by atoms with Gasteiger partial charge in [-0.05, 0) is 56.9 Å². The molecule has 2 fully saturated rings. The zero-order chi connectivity index (χ0) is 24.9. The van der Waals surface area contributed by atoms with Crippen molar-refractivity contribution in [1.29, 1.82) is 10.5 Å². The van der Waals surface area contributed by atoms with Gasteiger partial charge in [-0.15, -0.1) is 0 Å². The largest absolute Gasteiger partial charge is 0.364 e. The van der Waals surface area contributed by atoms with Crippen LogP contribution < -0.4 is 10.5 Å². The van der Waals surface area contributed by atoms with Crippen LogP contribution in [-0.2, 0) is 12.5 Å². The molecule has 0 radical (unpaired) electrons. The molecule has 0 bridgehead atoms. The maximum Gasteiger partial charge on any atom is 0.252 e. The average Bonchev–Trinajstić information content (AvgIpc) is 3.68. The Bertz CT molecular complexity index is 1420. The molecule has 2 aromatic heterocycles. The SMILES string of the molecule is CC(c1ccc(C2(C#N)CC2)cc1)N1C[C@H](C)N(c2cc(=O)n(C)c3ccc(C#N)nc23)C[C@H]1C. The Balaban J connectivity index is 1.42. The number of fused-ring (bicyclic) bond motifs is 1. The Morgan fingerprint density at radius 2 is 1.77 bits per heavy atom. The third-order valence-corrected chi connectivity index (χ3v) is 7.93. The number of aromatic nitrogens is 2. The van der Waals surface area contributed by atoms with Gasteiger partial charge in [0, 0.05) is 44.3 Å². The lowest BCUT2D eigenvalue weighted by molar-refractivity contribution is 0.119. The van der Waals surface area contributed by atoms with Crippen LogP contribution in [0, 0.1) is 22.7 Å². The number of piperazine rings is 1. The van der Waals surface area contributed by atoms with Crippen LogP contribution >= 0.6 is 0 Å². The number of aryl methyl sites for hydroxylation is 1. The Morgan fingerprint density at radius 1 is 1.06 bits per heavy atom. The summed E-state index contributed by atoms with van der Waals surface area (Å²) in [5.74, 6) is 0. The number of hydrogen-bond acceptors (Lipinski definition) is 6. The normalized spacial score (nSPS) is 22.4. The summed E-state index contributed by atoms with van der Waals surface area (Å²) in [5.41, 5.74) is 4.59. The monoisotopic (exact) mass is 466 g/mol. The molecule has 3 aromatic rings. The van der Waals surface area contributed by atoms with Crippen LogP contribution in [0.1, 0.15) is 56.5 Å². The van der Waals surface area contributed by atoms with Crippen LogP contribution in [0.15, 0.2) is 47.3 Å². The van der Waals surface area contributed by atoms with Gasteiger partial charge in [-0.2, -0.15) is 10.5 Å². The van der Waals surface area contributed by atoms with E-state index in [1.54, 1.807) is 29.8 Å². The van der Waals surface area contributed by atoms with E-state index in [0.717, 1.165) is 42.7 Å². The Labute approximate surface area is 205 Å². The van der Waals surface area contributed by atoms with Gasteiger partial charge in [0.25, 0.3) is 5.56 Å². The van der Waals surface area contributed by atoms with Gasteiger partial charge in [0.2, 0.25) is 0 Å². The van der Waals surface area contributed by atoms with Crippen LogP contribution in [0.25, 0.3) is 11.0 Å². The van der Waals surface area contributed by atoms with E-state index in [0.29, 0.717) is 11.2 Å². The van der Waals surface area contributed by atoms with Gasteiger partial charge >= 0.3 is 0 Å². The van der Waals surface area contributed by atoms with E-state index < -0.39 is 0 Å². The summed E-state index contributed by atoms with van der Waals surface area (Å²) in [5, 5.41) is 18.9. The van der Waals surface area contributed by atoms with Crippen molar-refractivity contribution < 1.29 is 0 Å². The molecule has 0 spiro atoms. The summed E-state index contributed by atoms with van der Waals surface area (Å²) >= 11 is 0. The van der Waals surface area contributed by atoms with Crippen LogP contribution in [0.4, 0.5) is 5.69 Å². The first kappa shape index (κ1) is 23.1.